The lowest BCUT2D eigenvalue weighted by Gasteiger charge is -2.07. The van der Waals surface area contributed by atoms with E-state index in [0.717, 1.165) is 22.3 Å². The van der Waals surface area contributed by atoms with Gasteiger partial charge >= 0.3 is 0 Å². The standard InChI is InChI=1S/C19H13Cl3N4/c20-9-12-1-5-14(6-2-12)15-7-3-13(4-8-15)10-26-11-23-16-17(21)24-19(22)25-18(16)26/h1-8,11H,9-10H2. The maximum Gasteiger partial charge on any atom is 0.225 e. The summed E-state index contributed by atoms with van der Waals surface area (Å²) in [4.78, 5) is 12.4. The second-order valence-corrected chi connectivity index (χ2v) is 6.82. The lowest BCUT2D eigenvalue weighted by molar-refractivity contribution is 0.813. The van der Waals surface area contributed by atoms with Crippen molar-refractivity contribution in [3.8, 4) is 11.1 Å². The summed E-state index contributed by atoms with van der Waals surface area (Å²) in [5, 5.41) is 0.370. The molecule has 0 aliphatic heterocycles. The minimum atomic E-state index is 0.111. The molecule has 4 rings (SSSR count). The molecule has 130 valence electrons. The number of aromatic nitrogens is 4. The van der Waals surface area contributed by atoms with Gasteiger partial charge in [0.25, 0.3) is 0 Å². The number of rotatable bonds is 4. The van der Waals surface area contributed by atoms with Crippen molar-refractivity contribution in [2.75, 3.05) is 0 Å². The molecule has 0 saturated carbocycles. The summed E-state index contributed by atoms with van der Waals surface area (Å²) < 4.78 is 1.90. The molecule has 0 N–H and O–H groups in total. The molecule has 4 nitrogen and oxygen atoms in total. The molecular formula is C19H13Cl3N4. The average Bonchev–Trinajstić information content (AvgIpc) is 3.05. The summed E-state index contributed by atoms with van der Waals surface area (Å²) in [5.41, 5.74) is 5.71. The summed E-state index contributed by atoms with van der Waals surface area (Å²) in [6, 6.07) is 16.6. The van der Waals surface area contributed by atoms with Crippen LogP contribution in [0.4, 0.5) is 0 Å². The maximum atomic E-state index is 6.07. The first-order valence-electron chi connectivity index (χ1n) is 7.92. The fraction of sp³-hybridized carbons (Fsp3) is 0.105. The Morgan fingerprint density at radius 1 is 0.808 bits per heavy atom. The predicted octanol–water partition coefficient (Wildman–Crippen LogP) is 5.59. The van der Waals surface area contributed by atoms with Crippen LogP contribution in [0, 0.1) is 0 Å². The van der Waals surface area contributed by atoms with Gasteiger partial charge in [-0.05, 0) is 33.9 Å². The fourth-order valence-corrected chi connectivity index (χ4v) is 3.39. The third-order valence-corrected chi connectivity index (χ3v) is 4.88. The van der Waals surface area contributed by atoms with Crippen LogP contribution in [0.15, 0.2) is 54.9 Å². The number of alkyl halides is 1. The third kappa shape index (κ3) is 3.40. The molecule has 0 fully saturated rings. The average molecular weight is 404 g/mol. The van der Waals surface area contributed by atoms with Crippen LogP contribution >= 0.6 is 34.8 Å². The molecule has 0 spiro atoms. The Kier molecular flexibility index (Phi) is 4.81. The highest BCUT2D eigenvalue weighted by atomic mass is 35.5. The van der Waals surface area contributed by atoms with Gasteiger partial charge in [0.2, 0.25) is 5.28 Å². The Balaban J connectivity index is 1.59. The van der Waals surface area contributed by atoms with E-state index in [1.807, 2.05) is 16.7 Å². The van der Waals surface area contributed by atoms with Gasteiger partial charge in [0.15, 0.2) is 10.8 Å². The normalized spacial score (nSPS) is 11.2. The highest BCUT2D eigenvalue weighted by molar-refractivity contribution is 6.35. The van der Waals surface area contributed by atoms with E-state index in [0.29, 0.717) is 23.6 Å². The van der Waals surface area contributed by atoms with Crippen LogP contribution < -0.4 is 0 Å². The van der Waals surface area contributed by atoms with Gasteiger partial charge in [-0.3, -0.25) is 0 Å². The lowest BCUT2D eigenvalue weighted by atomic mass is 10.0. The second kappa shape index (κ2) is 7.23. The molecule has 0 unspecified atom stereocenters. The molecule has 0 aliphatic rings. The molecule has 2 aromatic carbocycles. The van der Waals surface area contributed by atoms with E-state index < -0.39 is 0 Å². The predicted molar refractivity (Wildman–Crippen MR) is 106 cm³/mol. The van der Waals surface area contributed by atoms with E-state index in [9.17, 15) is 0 Å². The minimum absolute atomic E-state index is 0.111. The van der Waals surface area contributed by atoms with Crippen LogP contribution in [-0.4, -0.2) is 19.5 Å². The van der Waals surface area contributed by atoms with Crippen LogP contribution in [0.2, 0.25) is 10.4 Å². The third-order valence-electron chi connectivity index (χ3n) is 4.14. The number of imidazole rings is 1. The first-order chi connectivity index (χ1) is 12.6. The summed E-state index contributed by atoms with van der Waals surface area (Å²) in [5.74, 6) is 0.523. The summed E-state index contributed by atoms with van der Waals surface area (Å²) in [6.07, 6.45) is 1.69. The zero-order valence-electron chi connectivity index (χ0n) is 13.5. The van der Waals surface area contributed by atoms with Crippen molar-refractivity contribution >= 4 is 46.0 Å². The molecule has 26 heavy (non-hydrogen) atoms. The van der Waals surface area contributed by atoms with Crippen molar-refractivity contribution in [1.29, 1.82) is 0 Å². The largest absolute Gasteiger partial charge is 0.311 e. The van der Waals surface area contributed by atoms with Gasteiger partial charge < -0.3 is 4.57 Å². The lowest BCUT2D eigenvalue weighted by Crippen LogP contribution is -2.00. The number of hydrogen-bond acceptors (Lipinski definition) is 3. The summed E-state index contributed by atoms with van der Waals surface area (Å²) in [7, 11) is 0. The molecule has 0 amide bonds. The van der Waals surface area contributed by atoms with E-state index in [1.54, 1.807) is 6.33 Å². The topological polar surface area (TPSA) is 43.6 Å². The molecular weight excluding hydrogens is 391 g/mol. The Labute approximate surface area is 165 Å². The maximum absolute atomic E-state index is 6.07. The van der Waals surface area contributed by atoms with Crippen molar-refractivity contribution in [3.63, 3.8) is 0 Å². The molecule has 7 heteroatoms. The molecule has 0 bridgehead atoms. The second-order valence-electron chi connectivity index (χ2n) is 5.86. The van der Waals surface area contributed by atoms with Gasteiger partial charge in [0.1, 0.15) is 5.52 Å². The van der Waals surface area contributed by atoms with Crippen molar-refractivity contribution in [3.05, 3.63) is 76.4 Å². The van der Waals surface area contributed by atoms with Crippen LogP contribution in [0.25, 0.3) is 22.3 Å². The van der Waals surface area contributed by atoms with Crippen LogP contribution in [0.5, 0.6) is 0 Å². The molecule has 0 saturated heterocycles. The van der Waals surface area contributed by atoms with Crippen molar-refractivity contribution in [2.24, 2.45) is 0 Å². The molecule has 0 aliphatic carbocycles. The first kappa shape index (κ1) is 17.3. The highest BCUT2D eigenvalue weighted by Gasteiger charge is 2.11. The number of fused-ring (bicyclic) bond motifs is 1. The van der Waals surface area contributed by atoms with E-state index in [2.05, 4.69) is 51.4 Å². The number of nitrogens with zero attached hydrogens (tertiary/aromatic N) is 4. The SMILES string of the molecule is ClCc1ccc(-c2ccc(Cn3cnc4c(Cl)nc(Cl)nc43)cc2)cc1. The first-order valence-corrected chi connectivity index (χ1v) is 9.21. The van der Waals surface area contributed by atoms with E-state index in [-0.39, 0.29) is 10.4 Å². The Bertz CT molecular complexity index is 1060. The highest BCUT2D eigenvalue weighted by Crippen LogP contribution is 2.23. The molecule has 2 heterocycles. The number of halogens is 3. The van der Waals surface area contributed by atoms with Gasteiger partial charge in [-0.2, -0.15) is 4.98 Å². The fourth-order valence-electron chi connectivity index (χ4n) is 2.79. The van der Waals surface area contributed by atoms with Crippen LogP contribution in [0.3, 0.4) is 0 Å². The Morgan fingerprint density at radius 2 is 1.42 bits per heavy atom. The minimum Gasteiger partial charge on any atom is -0.311 e. The Morgan fingerprint density at radius 3 is 2.04 bits per heavy atom. The van der Waals surface area contributed by atoms with Gasteiger partial charge in [-0.1, -0.05) is 60.1 Å². The zero-order chi connectivity index (χ0) is 18.1. The summed E-state index contributed by atoms with van der Waals surface area (Å²) >= 11 is 17.8. The van der Waals surface area contributed by atoms with E-state index >= 15 is 0 Å². The van der Waals surface area contributed by atoms with Crippen molar-refractivity contribution in [1.82, 2.24) is 19.5 Å². The molecule has 0 radical (unpaired) electrons. The van der Waals surface area contributed by atoms with Gasteiger partial charge in [0, 0.05) is 5.88 Å². The molecule has 0 atom stereocenters. The quantitative estimate of drug-likeness (QED) is 0.253. The van der Waals surface area contributed by atoms with Gasteiger partial charge in [-0.25, -0.2) is 9.97 Å². The molecule has 2 aromatic heterocycles. The van der Waals surface area contributed by atoms with Crippen LogP contribution in [-0.2, 0) is 12.4 Å². The van der Waals surface area contributed by atoms with Crippen molar-refractivity contribution < 1.29 is 0 Å². The summed E-state index contributed by atoms with van der Waals surface area (Å²) in [6.45, 7) is 0.617. The Hall–Kier alpha value is -2.14. The zero-order valence-corrected chi connectivity index (χ0v) is 15.8. The van der Waals surface area contributed by atoms with Crippen LogP contribution in [0.1, 0.15) is 11.1 Å². The van der Waals surface area contributed by atoms with E-state index in [4.69, 9.17) is 34.8 Å². The van der Waals surface area contributed by atoms with E-state index in [1.165, 1.54) is 0 Å². The van der Waals surface area contributed by atoms with Crippen molar-refractivity contribution in [2.45, 2.75) is 12.4 Å². The number of hydrogen-bond donors (Lipinski definition) is 0. The monoisotopic (exact) mass is 402 g/mol. The smallest absolute Gasteiger partial charge is 0.225 e. The molecule has 4 aromatic rings. The number of benzene rings is 2. The van der Waals surface area contributed by atoms with Gasteiger partial charge in [0.05, 0.1) is 12.9 Å². The van der Waals surface area contributed by atoms with Gasteiger partial charge in [-0.15, -0.1) is 11.6 Å².